The lowest BCUT2D eigenvalue weighted by Gasteiger charge is -2.18. The molecule has 1 aliphatic rings. The molecule has 3 N–H and O–H groups in total. The molecule has 6 rings (SSSR count). The number of ether oxygens (including phenoxy) is 3. The molecule has 5 aromatic rings. The number of carboxylic acids is 1. The summed E-state index contributed by atoms with van der Waals surface area (Å²) < 4.78 is 17.9. The minimum Gasteiger partial charge on any atom is -0.549 e. The highest BCUT2D eigenvalue weighted by Crippen LogP contribution is 2.38. The van der Waals surface area contributed by atoms with Crippen molar-refractivity contribution in [1.29, 1.82) is 0 Å². The lowest BCUT2D eigenvalue weighted by atomic mass is 9.90. The van der Waals surface area contributed by atoms with Crippen LogP contribution in [0.5, 0.6) is 11.5 Å². The Morgan fingerprint density at radius 3 is 2.26 bits per heavy atom. The maximum Gasteiger partial charge on any atom is 0.338 e. The SMILES string of the molecule is C[C@H]([NH3+])c1ccccc1.Cn1cc([C@@H](C(=O)[O-])c2ccc3c(c2)OCO3)c2ccc(C(=O)OCc3ccccc3)cc21. The van der Waals surface area contributed by atoms with Gasteiger partial charge in [0, 0.05) is 29.7 Å². The zero-order valence-electron chi connectivity index (χ0n) is 23.5. The van der Waals surface area contributed by atoms with Gasteiger partial charge < -0.3 is 34.4 Å². The Morgan fingerprint density at radius 2 is 1.60 bits per heavy atom. The van der Waals surface area contributed by atoms with Gasteiger partial charge in [-0.2, -0.15) is 0 Å². The van der Waals surface area contributed by atoms with Crippen LogP contribution in [0.15, 0.2) is 103 Å². The summed E-state index contributed by atoms with van der Waals surface area (Å²) in [7, 11) is 1.80. The summed E-state index contributed by atoms with van der Waals surface area (Å²) in [6.45, 7) is 2.37. The Kier molecular flexibility index (Phi) is 8.55. The lowest BCUT2D eigenvalue weighted by molar-refractivity contribution is -0.420. The molecule has 8 heteroatoms. The Bertz CT molecular complexity index is 1700. The standard InChI is InChI=1S/C26H21NO6.C8H11N/c1-27-13-20(24(25(28)29)17-8-10-22-23(12-17)33-15-32-22)19-9-7-18(11-21(19)27)26(30)31-14-16-5-3-2-4-6-16;1-7(9)8-5-3-2-4-6-8/h2-13,24H,14-15H2,1H3,(H,28,29);2-7H,9H2,1H3/t24-;7-/m00/s1. The second kappa shape index (κ2) is 12.6. The number of aromatic nitrogens is 1. The van der Waals surface area contributed by atoms with Crippen LogP contribution < -0.4 is 20.3 Å². The Morgan fingerprint density at radius 1 is 0.905 bits per heavy atom. The van der Waals surface area contributed by atoms with Crippen LogP contribution in [0.1, 0.15) is 51.5 Å². The number of benzene rings is 4. The first-order chi connectivity index (χ1) is 20.3. The number of aliphatic carboxylic acids is 1. The third kappa shape index (κ3) is 6.29. The van der Waals surface area contributed by atoms with Crippen molar-refractivity contribution in [2.75, 3.05) is 6.79 Å². The summed E-state index contributed by atoms with van der Waals surface area (Å²) in [5.41, 5.74) is 8.30. The first-order valence-electron chi connectivity index (χ1n) is 13.6. The van der Waals surface area contributed by atoms with Crippen molar-refractivity contribution in [3.63, 3.8) is 0 Å². The Labute approximate surface area is 243 Å². The molecule has 0 fully saturated rings. The fraction of sp³-hybridized carbons (Fsp3) is 0.176. The number of aryl methyl sites for hydroxylation is 1. The third-order valence-electron chi connectivity index (χ3n) is 7.12. The predicted molar refractivity (Wildman–Crippen MR) is 156 cm³/mol. The molecule has 0 saturated carbocycles. The summed E-state index contributed by atoms with van der Waals surface area (Å²) >= 11 is 0. The average Bonchev–Trinajstić information content (AvgIpc) is 3.61. The minimum absolute atomic E-state index is 0.103. The number of rotatable bonds is 7. The van der Waals surface area contributed by atoms with Gasteiger partial charge in [-0.15, -0.1) is 0 Å². The second-order valence-corrected chi connectivity index (χ2v) is 10.2. The number of esters is 1. The molecule has 214 valence electrons. The lowest BCUT2D eigenvalue weighted by Crippen LogP contribution is -2.51. The van der Waals surface area contributed by atoms with E-state index in [4.69, 9.17) is 14.2 Å². The van der Waals surface area contributed by atoms with E-state index in [1.165, 1.54) is 5.56 Å². The molecule has 8 nitrogen and oxygen atoms in total. The molecule has 0 radical (unpaired) electrons. The van der Waals surface area contributed by atoms with Gasteiger partial charge in [-0.3, -0.25) is 0 Å². The van der Waals surface area contributed by atoms with Crippen LogP contribution in [0.3, 0.4) is 0 Å². The summed E-state index contributed by atoms with van der Waals surface area (Å²) in [6.07, 6.45) is 1.74. The van der Waals surface area contributed by atoms with Crippen LogP contribution in [-0.4, -0.2) is 23.3 Å². The third-order valence-corrected chi connectivity index (χ3v) is 7.12. The van der Waals surface area contributed by atoms with Gasteiger partial charge in [-0.1, -0.05) is 72.8 Å². The molecule has 0 unspecified atom stereocenters. The predicted octanol–water partition coefficient (Wildman–Crippen LogP) is 4.14. The van der Waals surface area contributed by atoms with Crippen molar-refractivity contribution in [3.8, 4) is 11.5 Å². The van der Waals surface area contributed by atoms with E-state index >= 15 is 0 Å². The summed E-state index contributed by atoms with van der Waals surface area (Å²) in [4.78, 5) is 24.8. The van der Waals surface area contributed by atoms with Crippen LogP contribution in [0, 0.1) is 0 Å². The van der Waals surface area contributed by atoms with Crippen molar-refractivity contribution in [1.82, 2.24) is 4.57 Å². The molecule has 4 aromatic carbocycles. The number of quaternary nitrogens is 1. The topological polar surface area (TPSA) is 117 Å². The van der Waals surface area contributed by atoms with E-state index in [9.17, 15) is 14.7 Å². The van der Waals surface area contributed by atoms with E-state index in [1.807, 2.05) is 48.5 Å². The van der Waals surface area contributed by atoms with Gasteiger partial charge in [-0.05, 0) is 47.9 Å². The largest absolute Gasteiger partial charge is 0.549 e. The van der Waals surface area contributed by atoms with E-state index in [0.29, 0.717) is 45.1 Å². The van der Waals surface area contributed by atoms with Gasteiger partial charge in [-0.25, -0.2) is 4.79 Å². The van der Waals surface area contributed by atoms with E-state index in [1.54, 1.807) is 54.2 Å². The van der Waals surface area contributed by atoms with Gasteiger partial charge >= 0.3 is 5.97 Å². The highest BCUT2D eigenvalue weighted by molar-refractivity contribution is 5.97. The van der Waals surface area contributed by atoms with E-state index < -0.39 is 17.9 Å². The number of carbonyl (C=O) groups excluding carboxylic acids is 2. The molecule has 1 aromatic heterocycles. The van der Waals surface area contributed by atoms with Crippen molar-refractivity contribution in [2.24, 2.45) is 7.05 Å². The molecule has 0 bridgehead atoms. The second-order valence-electron chi connectivity index (χ2n) is 10.2. The molecule has 0 aliphatic carbocycles. The first-order valence-corrected chi connectivity index (χ1v) is 13.6. The Balaban J connectivity index is 0.000000336. The van der Waals surface area contributed by atoms with Gasteiger partial charge in [0.2, 0.25) is 6.79 Å². The molecule has 0 spiro atoms. The molecule has 1 aliphatic heterocycles. The van der Waals surface area contributed by atoms with Gasteiger partial charge in [0.25, 0.3) is 0 Å². The van der Waals surface area contributed by atoms with E-state index in [-0.39, 0.29) is 13.4 Å². The molecule has 0 amide bonds. The Hall–Kier alpha value is -5.08. The fourth-order valence-corrected chi connectivity index (χ4v) is 4.90. The monoisotopic (exact) mass is 564 g/mol. The van der Waals surface area contributed by atoms with Crippen LogP contribution in [0.4, 0.5) is 0 Å². The number of nitrogens with zero attached hydrogens (tertiary/aromatic N) is 1. The highest BCUT2D eigenvalue weighted by Gasteiger charge is 2.24. The molecule has 0 saturated heterocycles. The molecule has 2 atom stereocenters. The summed E-state index contributed by atoms with van der Waals surface area (Å²) in [5, 5.41) is 12.9. The number of carbonyl (C=O) groups is 2. The van der Waals surface area contributed by atoms with Crippen LogP contribution in [0.25, 0.3) is 10.9 Å². The number of fused-ring (bicyclic) bond motifs is 2. The first kappa shape index (κ1) is 28.4. The quantitative estimate of drug-likeness (QED) is 0.297. The zero-order chi connectivity index (χ0) is 29.6. The van der Waals surface area contributed by atoms with Crippen molar-refractivity contribution < 1.29 is 34.6 Å². The normalized spacial score (nSPS) is 13.1. The molecular weight excluding hydrogens is 532 g/mol. The van der Waals surface area contributed by atoms with Crippen LogP contribution in [0.2, 0.25) is 0 Å². The summed E-state index contributed by atoms with van der Waals surface area (Å²) in [5.74, 6) is -1.61. The van der Waals surface area contributed by atoms with E-state index in [0.717, 1.165) is 5.56 Å². The van der Waals surface area contributed by atoms with Crippen molar-refractivity contribution in [3.05, 3.63) is 131 Å². The minimum atomic E-state index is -1.23. The molecule has 42 heavy (non-hydrogen) atoms. The van der Waals surface area contributed by atoms with Crippen LogP contribution >= 0.6 is 0 Å². The van der Waals surface area contributed by atoms with Crippen molar-refractivity contribution in [2.45, 2.75) is 25.5 Å². The van der Waals surface area contributed by atoms with E-state index in [2.05, 4.69) is 24.8 Å². The number of hydrogen-bond acceptors (Lipinski definition) is 6. The maximum absolute atomic E-state index is 12.6. The molecule has 2 heterocycles. The average molecular weight is 565 g/mol. The maximum atomic E-state index is 12.6. The number of carboxylic acid groups (broad SMARTS) is 1. The van der Waals surface area contributed by atoms with Gasteiger partial charge in [0.05, 0.1) is 17.5 Å². The molecular formula is C34H32N2O6. The number of hydrogen-bond donors (Lipinski definition) is 1. The van der Waals surface area contributed by atoms with Crippen LogP contribution in [-0.2, 0) is 23.2 Å². The zero-order valence-corrected chi connectivity index (χ0v) is 23.5. The smallest absolute Gasteiger partial charge is 0.338 e. The highest BCUT2D eigenvalue weighted by atomic mass is 16.7. The van der Waals surface area contributed by atoms with Gasteiger partial charge in [0.1, 0.15) is 12.6 Å². The fourth-order valence-electron chi connectivity index (χ4n) is 4.90. The van der Waals surface area contributed by atoms with Gasteiger partial charge in [0.15, 0.2) is 11.5 Å². The summed E-state index contributed by atoms with van der Waals surface area (Å²) in [6, 6.07) is 30.3. The van der Waals surface area contributed by atoms with Crippen molar-refractivity contribution >= 4 is 22.8 Å².